The maximum atomic E-state index is 12.9. The molecule has 5 heteroatoms. The Bertz CT molecular complexity index is 715. The Morgan fingerprint density at radius 2 is 2.04 bits per heavy atom. The summed E-state index contributed by atoms with van der Waals surface area (Å²) in [6.07, 6.45) is 3.04. The monoisotopic (exact) mass is 326 g/mol. The van der Waals surface area contributed by atoms with Crippen LogP contribution in [0.5, 0.6) is 0 Å². The van der Waals surface area contributed by atoms with E-state index >= 15 is 0 Å². The molecule has 5 nitrogen and oxygen atoms in total. The molecule has 1 aliphatic heterocycles. The van der Waals surface area contributed by atoms with E-state index in [-0.39, 0.29) is 24.7 Å². The van der Waals surface area contributed by atoms with Crippen molar-refractivity contribution >= 4 is 5.91 Å². The molecule has 0 unspecified atom stereocenters. The van der Waals surface area contributed by atoms with Crippen LogP contribution in [0.25, 0.3) is 11.1 Å². The van der Waals surface area contributed by atoms with Gasteiger partial charge in [0.2, 0.25) is 0 Å². The number of hydrogen-bond acceptors (Lipinski definition) is 4. The van der Waals surface area contributed by atoms with Crippen LogP contribution in [0.4, 0.5) is 0 Å². The Morgan fingerprint density at radius 1 is 1.29 bits per heavy atom. The molecule has 0 saturated carbocycles. The number of aromatic nitrogens is 1. The second-order valence-corrected chi connectivity index (χ2v) is 6.27. The molecule has 1 saturated heterocycles. The molecule has 0 radical (unpaired) electrons. The molecule has 1 fully saturated rings. The number of nitrogens with zero attached hydrogens (tertiary/aromatic N) is 2. The van der Waals surface area contributed by atoms with Crippen LogP contribution in [0.15, 0.2) is 42.7 Å². The van der Waals surface area contributed by atoms with E-state index in [4.69, 9.17) is 4.74 Å². The molecule has 0 aliphatic carbocycles. The molecule has 2 aromatic rings. The number of rotatable bonds is 3. The summed E-state index contributed by atoms with van der Waals surface area (Å²) in [5.74, 6) is -0.0780. The first kappa shape index (κ1) is 16.6. The van der Waals surface area contributed by atoms with Gasteiger partial charge >= 0.3 is 0 Å². The Balaban J connectivity index is 1.85. The minimum absolute atomic E-state index is 0.0247. The van der Waals surface area contributed by atoms with Gasteiger partial charge in [0.1, 0.15) is 0 Å². The normalized spacial score (nSPS) is 20.9. The fraction of sp³-hybridized carbons (Fsp3) is 0.368. The molecule has 2 atom stereocenters. The zero-order chi connectivity index (χ0) is 17.1. The van der Waals surface area contributed by atoms with E-state index in [0.29, 0.717) is 18.7 Å². The lowest BCUT2D eigenvalue weighted by molar-refractivity contribution is -0.0667. The Hall–Kier alpha value is -2.24. The molecule has 126 valence electrons. The first-order valence-electron chi connectivity index (χ1n) is 8.14. The summed E-state index contributed by atoms with van der Waals surface area (Å²) in [6, 6.07) is 9.98. The van der Waals surface area contributed by atoms with Gasteiger partial charge in [0.05, 0.1) is 30.9 Å². The molecule has 1 amide bonds. The van der Waals surface area contributed by atoms with Crippen LogP contribution < -0.4 is 0 Å². The summed E-state index contributed by atoms with van der Waals surface area (Å²) in [5, 5.41) is 9.29. The van der Waals surface area contributed by atoms with Crippen LogP contribution in [0.2, 0.25) is 0 Å². The van der Waals surface area contributed by atoms with Gasteiger partial charge in [-0.25, -0.2) is 0 Å². The minimum atomic E-state index is -0.321. The van der Waals surface area contributed by atoms with Crippen LogP contribution in [-0.4, -0.2) is 52.8 Å². The summed E-state index contributed by atoms with van der Waals surface area (Å²) in [7, 11) is 0. The molecule has 1 aliphatic rings. The van der Waals surface area contributed by atoms with Gasteiger partial charge in [0, 0.05) is 24.5 Å². The first-order valence-corrected chi connectivity index (χ1v) is 8.14. The quantitative estimate of drug-likeness (QED) is 0.940. The number of pyridine rings is 1. The highest BCUT2D eigenvalue weighted by molar-refractivity contribution is 5.95. The van der Waals surface area contributed by atoms with Crippen molar-refractivity contribution in [1.29, 1.82) is 0 Å². The van der Waals surface area contributed by atoms with Gasteiger partial charge in [0.25, 0.3) is 5.91 Å². The lowest BCUT2D eigenvalue weighted by atomic mass is 10.0. The summed E-state index contributed by atoms with van der Waals surface area (Å²) in [4.78, 5) is 18.8. The number of aliphatic hydroxyl groups is 1. The van der Waals surface area contributed by atoms with Crippen LogP contribution in [0.1, 0.15) is 22.8 Å². The Kier molecular flexibility index (Phi) is 4.92. The standard InChI is InChI=1S/C19H22N2O3/c1-13-3-5-15(6-4-13)16-7-17(9-20-8-16)19(23)21-10-18(11-22)24-12-14(21)2/h3-9,14,18,22H,10-12H2,1-2H3/t14-,18-/m1/s1. The molecular formula is C19H22N2O3. The fourth-order valence-electron chi connectivity index (χ4n) is 2.84. The van der Waals surface area contributed by atoms with E-state index in [1.807, 2.05) is 44.2 Å². The number of morpholine rings is 1. The topological polar surface area (TPSA) is 62.7 Å². The van der Waals surface area contributed by atoms with Gasteiger partial charge in [0.15, 0.2) is 0 Å². The molecule has 1 aromatic heterocycles. The number of carbonyl (C=O) groups excluding carboxylic acids is 1. The predicted octanol–water partition coefficient (Wildman–Crippen LogP) is 2.28. The van der Waals surface area contributed by atoms with E-state index < -0.39 is 0 Å². The van der Waals surface area contributed by atoms with Gasteiger partial charge < -0.3 is 14.7 Å². The number of ether oxygens (including phenoxy) is 1. The highest BCUT2D eigenvalue weighted by Crippen LogP contribution is 2.22. The highest BCUT2D eigenvalue weighted by Gasteiger charge is 2.30. The molecule has 0 bridgehead atoms. The largest absolute Gasteiger partial charge is 0.394 e. The number of hydrogen-bond donors (Lipinski definition) is 1. The maximum absolute atomic E-state index is 12.9. The van der Waals surface area contributed by atoms with Crippen molar-refractivity contribution in [2.75, 3.05) is 19.8 Å². The van der Waals surface area contributed by atoms with Gasteiger partial charge in [-0.1, -0.05) is 29.8 Å². The summed E-state index contributed by atoms with van der Waals surface area (Å²) in [5.41, 5.74) is 3.70. The van der Waals surface area contributed by atoms with E-state index in [1.165, 1.54) is 5.56 Å². The maximum Gasteiger partial charge on any atom is 0.255 e. The van der Waals surface area contributed by atoms with Crippen molar-refractivity contribution in [3.05, 3.63) is 53.9 Å². The van der Waals surface area contributed by atoms with Gasteiger partial charge in [-0.05, 0) is 25.5 Å². The van der Waals surface area contributed by atoms with Crippen molar-refractivity contribution < 1.29 is 14.6 Å². The lowest BCUT2D eigenvalue weighted by Gasteiger charge is -2.37. The van der Waals surface area contributed by atoms with Crippen molar-refractivity contribution in [2.24, 2.45) is 0 Å². The van der Waals surface area contributed by atoms with Crippen LogP contribution in [0, 0.1) is 6.92 Å². The number of aliphatic hydroxyl groups excluding tert-OH is 1. The number of carbonyl (C=O) groups is 1. The number of benzene rings is 1. The number of amides is 1. The minimum Gasteiger partial charge on any atom is -0.394 e. The van der Waals surface area contributed by atoms with E-state index in [0.717, 1.165) is 11.1 Å². The third kappa shape index (κ3) is 3.47. The average Bonchev–Trinajstić information content (AvgIpc) is 2.62. The molecule has 0 spiro atoms. The van der Waals surface area contributed by atoms with Gasteiger partial charge in [-0.3, -0.25) is 9.78 Å². The SMILES string of the molecule is Cc1ccc(-c2cncc(C(=O)N3C[C@H](CO)OC[C@H]3C)c2)cc1. The number of aryl methyl sites for hydroxylation is 1. The van der Waals surface area contributed by atoms with E-state index in [9.17, 15) is 9.90 Å². The third-order valence-electron chi connectivity index (χ3n) is 4.34. The van der Waals surface area contributed by atoms with E-state index in [1.54, 1.807) is 17.3 Å². The van der Waals surface area contributed by atoms with Crippen LogP contribution >= 0.6 is 0 Å². The zero-order valence-electron chi connectivity index (χ0n) is 14.0. The summed E-state index contributed by atoms with van der Waals surface area (Å²) < 4.78 is 5.50. The molecule has 24 heavy (non-hydrogen) atoms. The molecule has 3 rings (SSSR count). The highest BCUT2D eigenvalue weighted by atomic mass is 16.5. The second kappa shape index (κ2) is 7.11. The van der Waals surface area contributed by atoms with Crippen LogP contribution in [-0.2, 0) is 4.74 Å². The van der Waals surface area contributed by atoms with Gasteiger partial charge in [-0.2, -0.15) is 0 Å². The third-order valence-corrected chi connectivity index (χ3v) is 4.34. The fourth-order valence-corrected chi connectivity index (χ4v) is 2.84. The lowest BCUT2D eigenvalue weighted by Crippen LogP contribution is -2.52. The second-order valence-electron chi connectivity index (χ2n) is 6.27. The predicted molar refractivity (Wildman–Crippen MR) is 91.7 cm³/mol. The molecule has 2 heterocycles. The van der Waals surface area contributed by atoms with Crippen molar-refractivity contribution in [1.82, 2.24) is 9.88 Å². The average molecular weight is 326 g/mol. The zero-order valence-corrected chi connectivity index (χ0v) is 14.0. The smallest absolute Gasteiger partial charge is 0.255 e. The molecule has 1 aromatic carbocycles. The Morgan fingerprint density at radius 3 is 2.75 bits per heavy atom. The van der Waals surface area contributed by atoms with Gasteiger partial charge in [-0.15, -0.1) is 0 Å². The molecule has 1 N–H and O–H groups in total. The summed E-state index contributed by atoms with van der Waals surface area (Å²) in [6.45, 7) is 4.73. The van der Waals surface area contributed by atoms with Crippen molar-refractivity contribution in [3.8, 4) is 11.1 Å². The van der Waals surface area contributed by atoms with Crippen molar-refractivity contribution in [3.63, 3.8) is 0 Å². The van der Waals surface area contributed by atoms with E-state index in [2.05, 4.69) is 4.98 Å². The van der Waals surface area contributed by atoms with Crippen LogP contribution in [0.3, 0.4) is 0 Å². The molecular weight excluding hydrogens is 304 g/mol. The Labute approximate surface area is 141 Å². The summed E-state index contributed by atoms with van der Waals surface area (Å²) >= 11 is 0. The van der Waals surface area contributed by atoms with Crippen molar-refractivity contribution in [2.45, 2.75) is 26.0 Å². The first-order chi connectivity index (χ1) is 11.6.